The zero-order valence-electron chi connectivity index (χ0n) is 23.0. The number of hydrogen-bond donors (Lipinski definition) is 3. The van der Waals surface area contributed by atoms with Crippen LogP contribution in [0.5, 0.6) is 11.5 Å². The number of carbonyl (C=O) groups is 2. The molecule has 4 aromatic rings. The van der Waals surface area contributed by atoms with Gasteiger partial charge < -0.3 is 35.0 Å². The van der Waals surface area contributed by atoms with E-state index in [1.807, 2.05) is 31.2 Å². The van der Waals surface area contributed by atoms with Gasteiger partial charge in [0, 0.05) is 42.5 Å². The number of nitrogens with zero attached hydrogens (tertiary/aromatic N) is 4. The second kappa shape index (κ2) is 12.5. The van der Waals surface area contributed by atoms with E-state index in [0.717, 1.165) is 17.8 Å². The van der Waals surface area contributed by atoms with E-state index in [9.17, 15) is 14.7 Å². The molecular weight excluding hydrogens is 603 g/mol. The van der Waals surface area contributed by atoms with E-state index in [0.29, 0.717) is 52.7 Å². The van der Waals surface area contributed by atoms with Gasteiger partial charge in [0.1, 0.15) is 27.9 Å². The molecule has 0 aliphatic carbocycles. The Labute approximate surface area is 256 Å². The SMILES string of the molecule is CCC1CN(c2ccc(Nc3ncnc4c(C(=O)Nc5c(Cl)c(OC)cc(OC)c5Cl)csc34)cc2)CCN1C(=O)O. The number of carbonyl (C=O) groups excluding carboxylic acids is 1. The molecule has 42 heavy (non-hydrogen) atoms. The van der Waals surface area contributed by atoms with E-state index >= 15 is 0 Å². The molecule has 5 rings (SSSR count). The molecule has 1 aliphatic rings. The molecule has 1 saturated heterocycles. The smallest absolute Gasteiger partial charge is 0.407 e. The monoisotopic (exact) mass is 630 g/mol. The van der Waals surface area contributed by atoms with Gasteiger partial charge in [0.05, 0.1) is 41.7 Å². The van der Waals surface area contributed by atoms with E-state index in [1.54, 1.807) is 11.4 Å². The van der Waals surface area contributed by atoms with Crippen molar-refractivity contribution >= 4 is 79.6 Å². The number of aromatic nitrogens is 2. The van der Waals surface area contributed by atoms with Crippen LogP contribution in [0.4, 0.5) is 27.7 Å². The summed E-state index contributed by atoms with van der Waals surface area (Å²) >= 11 is 14.2. The van der Waals surface area contributed by atoms with Crippen LogP contribution >= 0.6 is 34.5 Å². The highest BCUT2D eigenvalue weighted by atomic mass is 35.5. The summed E-state index contributed by atoms with van der Waals surface area (Å²) in [7, 11) is 2.91. The summed E-state index contributed by atoms with van der Waals surface area (Å²) in [5, 5.41) is 17.5. The number of ether oxygens (including phenoxy) is 2. The molecule has 1 aliphatic heterocycles. The van der Waals surface area contributed by atoms with Crippen LogP contribution in [0, 0.1) is 0 Å². The van der Waals surface area contributed by atoms with Gasteiger partial charge in [-0.25, -0.2) is 14.8 Å². The molecule has 1 atom stereocenters. The van der Waals surface area contributed by atoms with Gasteiger partial charge in [-0.3, -0.25) is 4.79 Å². The molecular formula is C28H28Cl2N6O5S. The number of rotatable bonds is 8. The molecule has 3 heterocycles. The predicted octanol–water partition coefficient (Wildman–Crippen LogP) is 6.59. The van der Waals surface area contributed by atoms with E-state index in [1.165, 1.54) is 36.8 Å². The van der Waals surface area contributed by atoms with Crippen molar-refractivity contribution < 1.29 is 24.2 Å². The molecule has 2 amide bonds. The average molecular weight is 632 g/mol. The van der Waals surface area contributed by atoms with Gasteiger partial charge >= 0.3 is 6.09 Å². The first-order valence-electron chi connectivity index (χ1n) is 13.0. The zero-order chi connectivity index (χ0) is 30.0. The lowest BCUT2D eigenvalue weighted by molar-refractivity contribution is 0.102. The number of carboxylic acid groups (broad SMARTS) is 1. The fraction of sp³-hybridized carbons (Fsp3) is 0.286. The molecule has 11 nitrogen and oxygen atoms in total. The average Bonchev–Trinajstić information content (AvgIpc) is 3.45. The van der Waals surface area contributed by atoms with Crippen LogP contribution in [0.3, 0.4) is 0 Å². The van der Waals surface area contributed by atoms with Gasteiger partial charge in [0.15, 0.2) is 5.82 Å². The Balaban J connectivity index is 1.34. The summed E-state index contributed by atoms with van der Waals surface area (Å²) in [5.41, 5.74) is 2.78. The normalized spacial score (nSPS) is 15.0. The lowest BCUT2D eigenvalue weighted by Crippen LogP contribution is -2.54. The Hall–Kier alpha value is -4.00. The minimum absolute atomic E-state index is 0.0495. The van der Waals surface area contributed by atoms with Crippen LogP contribution in [-0.4, -0.2) is 71.9 Å². The lowest BCUT2D eigenvalue weighted by atomic mass is 10.1. The van der Waals surface area contributed by atoms with Gasteiger partial charge in [0.25, 0.3) is 5.91 Å². The number of piperazine rings is 1. The van der Waals surface area contributed by atoms with Crippen LogP contribution in [0.2, 0.25) is 10.0 Å². The highest BCUT2D eigenvalue weighted by Crippen LogP contribution is 2.44. The number of thiophene rings is 1. The summed E-state index contributed by atoms with van der Waals surface area (Å²) < 4.78 is 11.3. The fourth-order valence-corrected chi connectivity index (χ4v) is 6.40. The Morgan fingerprint density at radius 2 is 1.79 bits per heavy atom. The van der Waals surface area contributed by atoms with E-state index in [2.05, 4.69) is 25.5 Å². The number of halogens is 2. The molecule has 0 spiro atoms. The van der Waals surface area contributed by atoms with Gasteiger partial charge in [-0.15, -0.1) is 11.3 Å². The molecule has 1 unspecified atom stereocenters. The third kappa shape index (κ3) is 5.69. The van der Waals surface area contributed by atoms with Crippen molar-refractivity contribution in [3.8, 4) is 11.5 Å². The first kappa shape index (κ1) is 29.5. The van der Waals surface area contributed by atoms with Gasteiger partial charge in [0.2, 0.25) is 0 Å². The van der Waals surface area contributed by atoms with Crippen molar-refractivity contribution in [2.75, 3.05) is 49.4 Å². The third-order valence-corrected chi connectivity index (χ3v) is 8.83. The summed E-state index contributed by atoms with van der Waals surface area (Å²) in [5.74, 6) is 0.701. The summed E-state index contributed by atoms with van der Waals surface area (Å²) in [6.45, 7) is 3.73. The van der Waals surface area contributed by atoms with Crippen LogP contribution in [0.25, 0.3) is 10.2 Å². The Bertz CT molecular complexity index is 1610. The first-order valence-corrected chi connectivity index (χ1v) is 14.6. The molecule has 0 radical (unpaired) electrons. The largest absolute Gasteiger partial charge is 0.495 e. The molecule has 14 heteroatoms. The molecule has 2 aromatic heterocycles. The molecule has 0 bridgehead atoms. The van der Waals surface area contributed by atoms with Crippen LogP contribution < -0.4 is 25.0 Å². The summed E-state index contributed by atoms with van der Waals surface area (Å²) in [6.07, 6.45) is 1.27. The Morgan fingerprint density at radius 1 is 1.10 bits per heavy atom. The molecule has 0 saturated carbocycles. The third-order valence-electron chi connectivity index (χ3n) is 7.11. The van der Waals surface area contributed by atoms with E-state index in [4.69, 9.17) is 32.7 Å². The van der Waals surface area contributed by atoms with Crippen molar-refractivity contribution in [3.05, 3.63) is 57.6 Å². The van der Waals surface area contributed by atoms with Crippen LogP contribution in [-0.2, 0) is 0 Å². The van der Waals surface area contributed by atoms with E-state index in [-0.39, 0.29) is 21.8 Å². The zero-order valence-corrected chi connectivity index (χ0v) is 25.3. The fourth-order valence-electron chi connectivity index (χ4n) is 4.86. The topological polar surface area (TPSA) is 129 Å². The number of nitrogens with one attached hydrogen (secondary N) is 2. The molecule has 220 valence electrons. The predicted molar refractivity (Wildman–Crippen MR) is 166 cm³/mol. The number of methoxy groups -OCH3 is 2. The number of benzene rings is 2. The Morgan fingerprint density at radius 3 is 2.40 bits per heavy atom. The summed E-state index contributed by atoms with van der Waals surface area (Å²) in [6, 6.07) is 9.36. The van der Waals surface area contributed by atoms with Crippen molar-refractivity contribution in [2.45, 2.75) is 19.4 Å². The standard InChI is InChI=1S/C28H28Cl2N6O5S/c1-4-16-12-35(9-10-36(16)28(38)39)17-7-5-15(6-8-17)33-26-25-23(31-14-32-26)18(13-42-25)27(37)34-24-21(29)19(40-2)11-20(41-3)22(24)30/h5-8,11,13-14,16H,4,9-10,12H2,1-3H3,(H,34,37)(H,38,39)(H,31,32,33). The molecule has 1 fully saturated rings. The minimum atomic E-state index is -0.875. The highest BCUT2D eigenvalue weighted by Gasteiger charge is 2.29. The van der Waals surface area contributed by atoms with Crippen molar-refractivity contribution in [1.29, 1.82) is 0 Å². The maximum absolute atomic E-state index is 13.3. The maximum Gasteiger partial charge on any atom is 0.407 e. The lowest BCUT2D eigenvalue weighted by Gasteiger charge is -2.40. The first-order chi connectivity index (χ1) is 20.2. The Kier molecular flexibility index (Phi) is 8.76. The van der Waals surface area contributed by atoms with Crippen LogP contribution in [0.15, 0.2) is 42.0 Å². The quantitative estimate of drug-likeness (QED) is 0.197. The summed E-state index contributed by atoms with van der Waals surface area (Å²) in [4.78, 5) is 37.3. The molecule has 3 N–H and O–H groups in total. The van der Waals surface area contributed by atoms with E-state index < -0.39 is 12.0 Å². The van der Waals surface area contributed by atoms with Crippen LogP contribution in [0.1, 0.15) is 23.7 Å². The number of amides is 2. The van der Waals surface area contributed by atoms with Gasteiger partial charge in [-0.05, 0) is 30.7 Å². The maximum atomic E-state index is 13.3. The van der Waals surface area contributed by atoms with Gasteiger partial charge in [-0.1, -0.05) is 30.1 Å². The second-order valence-corrected chi connectivity index (χ2v) is 11.1. The van der Waals surface area contributed by atoms with Gasteiger partial charge in [-0.2, -0.15) is 0 Å². The number of hydrogen-bond acceptors (Lipinski definition) is 9. The minimum Gasteiger partial charge on any atom is -0.495 e. The highest BCUT2D eigenvalue weighted by molar-refractivity contribution is 7.18. The van der Waals surface area contributed by atoms with Crippen molar-refractivity contribution in [3.63, 3.8) is 0 Å². The number of fused-ring (bicyclic) bond motifs is 1. The second-order valence-electron chi connectivity index (χ2n) is 9.44. The van der Waals surface area contributed by atoms with Crippen molar-refractivity contribution in [1.82, 2.24) is 14.9 Å². The molecule has 2 aromatic carbocycles. The van der Waals surface area contributed by atoms with Crippen molar-refractivity contribution in [2.24, 2.45) is 0 Å². The number of anilines is 4.